The number of amides is 2. The summed E-state index contributed by atoms with van der Waals surface area (Å²) < 4.78 is 0. The van der Waals surface area contributed by atoms with Crippen LogP contribution in [0.15, 0.2) is 0 Å². The van der Waals surface area contributed by atoms with Crippen molar-refractivity contribution in [2.24, 2.45) is 0 Å². The molecule has 2 aliphatic rings. The maximum atomic E-state index is 11.7. The number of aliphatic hydroxyl groups excluding tert-OH is 1. The monoisotopic (exact) mass is 227 g/mol. The van der Waals surface area contributed by atoms with Gasteiger partial charge in [0.05, 0.1) is 6.61 Å². The molecule has 2 amide bonds. The van der Waals surface area contributed by atoms with E-state index in [0.29, 0.717) is 26.2 Å². The quantitative estimate of drug-likeness (QED) is 0.512. The summed E-state index contributed by atoms with van der Waals surface area (Å²) >= 11 is 0. The zero-order chi connectivity index (χ0) is 11.6. The van der Waals surface area contributed by atoms with Gasteiger partial charge >= 0.3 is 0 Å². The normalized spacial score (nSPS) is 29.6. The molecule has 0 bridgehead atoms. The van der Waals surface area contributed by atoms with Crippen molar-refractivity contribution in [3.63, 3.8) is 0 Å². The standard InChI is InChI=1S/C10H17N3O3/c14-6-1-8(15)13-5-4-12-10(7-13)2-3-11-9(10)16/h12,14H,1-7H2,(H,11,16). The maximum absolute atomic E-state index is 11.7. The summed E-state index contributed by atoms with van der Waals surface area (Å²) in [6.45, 7) is 2.17. The van der Waals surface area contributed by atoms with Crippen LogP contribution in [0, 0.1) is 0 Å². The van der Waals surface area contributed by atoms with Gasteiger partial charge in [-0.3, -0.25) is 9.59 Å². The van der Waals surface area contributed by atoms with Gasteiger partial charge in [0, 0.05) is 32.6 Å². The highest BCUT2D eigenvalue weighted by atomic mass is 16.3. The van der Waals surface area contributed by atoms with Crippen LogP contribution in [0.3, 0.4) is 0 Å². The molecule has 6 nitrogen and oxygen atoms in total. The molecular weight excluding hydrogens is 210 g/mol. The van der Waals surface area contributed by atoms with Crippen molar-refractivity contribution in [3.05, 3.63) is 0 Å². The molecule has 2 fully saturated rings. The lowest BCUT2D eigenvalue weighted by Crippen LogP contribution is -2.64. The van der Waals surface area contributed by atoms with Gasteiger partial charge in [-0.25, -0.2) is 0 Å². The van der Waals surface area contributed by atoms with E-state index in [9.17, 15) is 9.59 Å². The lowest BCUT2D eigenvalue weighted by molar-refractivity contribution is -0.136. The first-order valence-corrected chi connectivity index (χ1v) is 5.60. The molecule has 0 saturated carbocycles. The SMILES string of the molecule is O=C(CCO)N1CCNC2(CCNC2=O)C1. The summed E-state index contributed by atoms with van der Waals surface area (Å²) in [5.74, 6) is -0.0999. The summed E-state index contributed by atoms with van der Waals surface area (Å²) in [6.07, 6.45) is 0.854. The average molecular weight is 227 g/mol. The van der Waals surface area contributed by atoms with Crippen molar-refractivity contribution < 1.29 is 14.7 Å². The van der Waals surface area contributed by atoms with Crippen LogP contribution in [-0.2, 0) is 9.59 Å². The van der Waals surface area contributed by atoms with Crippen molar-refractivity contribution in [3.8, 4) is 0 Å². The Hall–Kier alpha value is -1.14. The highest BCUT2D eigenvalue weighted by Crippen LogP contribution is 2.20. The Kier molecular flexibility index (Phi) is 3.11. The number of rotatable bonds is 2. The second kappa shape index (κ2) is 4.39. The Balaban J connectivity index is 2.04. The predicted octanol–water partition coefficient (Wildman–Crippen LogP) is -1.94. The molecule has 0 radical (unpaired) electrons. The topological polar surface area (TPSA) is 81.7 Å². The molecule has 3 N–H and O–H groups in total. The third-order valence-corrected chi connectivity index (χ3v) is 3.26. The minimum Gasteiger partial charge on any atom is -0.396 e. The number of hydrogen-bond donors (Lipinski definition) is 3. The molecule has 0 aromatic carbocycles. The smallest absolute Gasteiger partial charge is 0.242 e. The van der Waals surface area contributed by atoms with E-state index in [-0.39, 0.29) is 24.8 Å². The number of nitrogens with zero attached hydrogens (tertiary/aromatic N) is 1. The van der Waals surface area contributed by atoms with Gasteiger partial charge in [0.1, 0.15) is 5.54 Å². The number of hydrogen-bond acceptors (Lipinski definition) is 4. The molecule has 90 valence electrons. The van der Waals surface area contributed by atoms with Crippen LogP contribution in [0.2, 0.25) is 0 Å². The van der Waals surface area contributed by atoms with Gasteiger partial charge in [0.25, 0.3) is 0 Å². The molecular formula is C10H17N3O3. The van der Waals surface area contributed by atoms with Crippen molar-refractivity contribution in [1.29, 1.82) is 0 Å². The number of aliphatic hydroxyl groups is 1. The van der Waals surface area contributed by atoms with Gasteiger partial charge in [-0.1, -0.05) is 0 Å². The highest BCUT2D eigenvalue weighted by Gasteiger charge is 2.45. The average Bonchev–Trinajstić information content (AvgIpc) is 2.61. The molecule has 2 saturated heterocycles. The van der Waals surface area contributed by atoms with Crippen LogP contribution < -0.4 is 10.6 Å². The maximum Gasteiger partial charge on any atom is 0.242 e. The first kappa shape index (κ1) is 11.3. The predicted molar refractivity (Wildman–Crippen MR) is 56.6 cm³/mol. The zero-order valence-electron chi connectivity index (χ0n) is 9.16. The molecule has 1 spiro atoms. The summed E-state index contributed by atoms with van der Waals surface area (Å²) in [5, 5.41) is 14.7. The minimum atomic E-state index is -0.594. The van der Waals surface area contributed by atoms with Gasteiger partial charge in [-0.2, -0.15) is 0 Å². The van der Waals surface area contributed by atoms with Crippen molar-refractivity contribution in [1.82, 2.24) is 15.5 Å². The molecule has 1 unspecified atom stereocenters. The fourth-order valence-corrected chi connectivity index (χ4v) is 2.35. The minimum absolute atomic E-state index is 0.0194. The van der Waals surface area contributed by atoms with E-state index in [1.807, 2.05) is 0 Å². The van der Waals surface area contributed by atoms with Gasteiger partial charge < -0.3 is 20.6 Å². The van der Waals surface area contributed by atoms with Crippen LogP contribution in [-0.4, -0.2) is 60.1 Å². The van der Waals surface area contributed by atoms with Gasteiger partial charge in [0.15, 0.2) is 0 Å². The van der Waals surface area contributed by atoms with Crippen molar-refractivity contribution in [2.45, 2.75) is 18.4 Å². The summed E-state index contributed by atoms with van der Waals surface area (Å²) in [5.41, 5.74) is -0.594. The molecule has 6 heteroatoms. The Bertz CT molecular complexity index is 308. The van der Waals surface area contributed by atoms with Crippen LogP contribution in [0.1, 0.15) is 12.8 Å². The Morgan fingerprint density at radius 3 is 2.94 bits per heavy atom. The molecule has 0 aromatic heterocycles. The van der Waals surface area contributed by atoms with Gasteiger partial charge in [0.2, 0.25) is 11.8 Å². The molecule has 2 heterocycles. The Morgan fingerprint density at radius 1 is 1.50 bits per heavy atom. The van der Waals surface area contributed by atoms with Gasteiger partial charge in [-0.05, 0) is 6.42 Å². The van der Waals surface area contributed by atoms with Gasteiger partial charge in [-0.15, -0.1) is 0 Å². The Morgan fingerprint density at radius 2 is 2.31 bits per heavy atom. The van der Waals surface area contributed by atoms with E-state index in [1.54, 1.807) is 4.90 Å². The summed E-state index contributed by atoms with van der Waals surface area (Å²) in [6, 6.07) is 0. The van der Waals surface area contributed by atoms with E-state index in [4.69, 9.17) is 5.11 Å². The van der Waals surface area contributed by atoms with Crippen LogP contribution in [0.4, 0.5) is 0 Å². The largest absolute Gasteiger partial charge is 0.396 e. The number of nitrogens with one attached hydrogen (secondary N) is 2. The number of piperazine rings is 1. The fraction of sp³-hybridized carbons (Fsp3) is 0.800. The molecule has 0 aromatic rings. The van der Waals surface area contributed by atoms with E-state index in [1.165, 1.54) is 0 Å². The fourth-order valence-electron chi connectivity index (χ4n) is 2.35. The molecule has 1 atom stereocenters. The molecule has 16 heavy (non-hydrogen) atoms. The zero-order valence-corrected chi connectivity index (χ0v) is 9.16. The summed E-state index contributed by atoms with van der Waals surface area (Å²) in [4.78, 5) is 25.0. The van der Waals surface area contributed by atoms with Crippen molar-refractivity contribution in [2.75, 3.05) is 32.8 Å². The van der Waals surface area contributed by atoms with E-state index in [0.717, 1.165) is 6.42 Å². The molecule has 2 aliphatic heterocycles. The lowest BCUT2D eigenvalue weighted by atomic mass is 9.94. The van der Waals surface area contributed by atoms with Crippen LogP contribution >= 0.6 is 0 Å². The highest BCUT2D eigenvalue weighted by molar-refractivity contribution is 5.90. The third kappa shape index (κ3) is 1.90. The lowest BCUT2D eigenvalue weighted by Gasteiger charge is -2.39. The van der Waals surface area contributed by atoms with E-state index < -0.39 is 5.54 Å². The van der Waals surface area contributed by atoms with E-state index in [2.05, 4.69) is 10.6 Å². The molecule has 2 rings (SSSR count). The first-order chi connectivity index (χ1) is 7.68. The number of carbonyl (C=O) groups excluding carboxylic acids is 2. The summed E-state index contributed by atoms with van der Waals surface area (Å²) in [7, 11) is 0. The first-order valence-electron chi connectivity index (χ1n) is 5.60. The third-order valence-electron chi connectivity index (χ3n) is 3.26. The van der Waals surface area contributed by atoms with Crippen LogP contribution in [0.25, 0.3) is 0 Å². The van der Waals surface area contributed by atoms with Crippen molar-refractivity contribution >= 4 is 11.8 Å². The Labute approximate surface area is 94.0 Å². The van der Waals surface area contributed by atoms with E-state index >= 15 is 0 Å². The number of carbonyl (C=O) groups is 2. The second-order valence-corrected chi connectivity index (χ2v) is 4.30. The second-order valence-electron chi connectivity index (χ2n) is 4.30. The van der Waals surface area contributed by atoms with Crippen LogP contribution in [0.5, 0.6) is 0 Å². The molecule has 0 aliphatic carbocycles.